The molecule has 28 heavy (non-hydrogen) atoms. The van der Waals surface area contributed by atoms with Crippen molar-refractivity contribution < 1.29 is 9.72 Å². The summed E-state index contributed by atoms with van der Waals surface area (Å²) >= 11 is 1.48. The van der Waals surface area contributed by atoms with E-state index in [1.54, 1.807) is 4.90 Å². The molecule has 0 radical (unpaired) electrons. The van der Waals surface area contributed by atoms with Crippen molar-refractivity contribution in [3.63, 3.8) is 0 Å². The Morgan fingerprint density at radius 2 is 1.86 bits per heavy atom. The van der Waals surface area contributed by atoms with Gasteiger partial charge in [-0.1, -0.05) is 24.3 Å². The van der Waals surface area contributed by atoms with Crippen molar-refractivity contribution in [1.29, 1.82) is 0 Å². The molecule has 3 rings (SSSR count). The molecule has 0 spiro atoms. The molecule has 1 heterocycles. The van der Waals surface area contributed by atoms with E-state index in [0.29, 0.717) is 23.8 Å². The fourth-order valence-electron chi connectivity index (χ4n) is 2.76. The fraction of sp³-hybridized carbons (Fsp3) is 0.300. The minimum absolute atomic E-state index is 0.0385. The number of rotatable bonds is 7. The lowest BCUT2D eigenvalue weighted by molar-refractivity contribution is -0.384. The average Bonchev–Trinajstić information content (AvgIpc) is 3.10. The lowest BCUT2D eigenvalue weighted by Gasteiger charge is -2.22. The molecule has 0 fully saturated rings. The van der Waals surface area contributed by atoms with Crippen molar-refractivity contribution >= 4 is 38.3 Å². The van der Waals surface area contributed by atoms with Gasteiger partial charge in [-0.3, -0.25) is 19.8 Å². The number of aromatic nitrogens is 1. The Hall–Kier alpha value is -2.84. The van der Waals surface area contributed by atoms with Gasteiger partial charge in [0.1, 0.15) is 0 Å². The van der Waals surface area contributed by atoms with Crippen LogP contribution < -0.4 is 4.90 Å². The number of aryl methyl sites for hydroxylation is 1. The SMILES string of the molecule is CCc1ccc2nc(N(CCN(C)C)C(=O)c3ccc([N+](=O)[O-])cc3)sc2c1. The van der Waals surface area contributed by atoms with Gasteiger partial charge in [0.15, 0.2) is 5.13 Å². The van der Waals surface area contributed by atoms with E-state index < -0.39 is 4.92 Å². The summed E-state index contributed by atoms with van der Waals surface area (Å²) in [4.78, 5) is 31.8. The molecular formula is C20H22N4O3S. The highest BCUT2D eigenvalue weighted by Gasteiger charge is 2.22. The van der Waals surface area contributed by atoms with Crippen LogP contribution in [-0.4, -0.2) is 47.9 Å². The number of hydrogen-bond acceptors (Lipinski definition) is 6. The number of anilines is 1. The maximum atomic E-state index is 13.1. The summed E-state index contributed by atoms with van der Waals surface area (Å²) in [5.41, 5.74) is 2.45. The van der Waals surface area contributed by atoms with Crippen molar-refractivity contribution in [2.24, 2.45) is 0 Å². The van der Waals surface area contributed by atoms with Crippen molar-refractivity contribution in [2.75, 3.05) is 32.1 Å². The molecule has 146 valence electrons. The summed E-state index contributed by atoms with van der Waals surface area (Å²) in [6.07, 6.45) is 0.940. The van der Waals surface area contributed by atoms with Crippen LogP contribution in [0.4, 0.5) is 10.8 Å². The number of non-ortho nitro benzene ring substituents is 1. The van der Waals surface area contributed by atoms with Gasteiger partial charge in [0.25, 0.3) is 11.6 Å². The molecule has 0 bridgehead atoms. The molecular weight excluding hydrogens is 376 g/mol. The van der Waals surface area contributed by atoms with E-state index in [9.17, 15) is 14.9 Å². The summed E-state index contributed by atoms with van der Waals surface area (Å²) in [5, 5.41) is 11.5. The predicted octanol–water partition coefficient (Wildman–Crippen LogP) is 3.98. The minimum atomic E-state index is -0.475. The summed E-state index contributed by atoms with van der Waals surface area (Å²) in [6, 6.07) is 11.8. The van der Waals surface area contributed by atoms with Gasteiger partial charge in [0, 0.05) is 30.8 Å². The molecule has 0 saturated heterocycles. The zero-order valence-electron chi connectivity index (χ0n) is 16.1. The van der Waals surface area contributed by atoms with Crippen LogP contribution >= 0.6 is 11.3 Å². The van der Waals surface area contributed by atoms with Crippen LogP contribution in [0.5, 0.6) is 0 Å². The highest BCUT2D eigenvalue weighted by molar-refractivity contribution is 7.22. The summed E-state index contributed by atoms with van der Waals surface area (Å²) in [6.45, 7) is 3.25. The number of nitrogens with zero attached hydrogens (tertiary/aromatic N) is 4. The number of carbonyl (C=O) groups is 1. The van der Waals surface area contributed by atoms with E-state index in [1.165, 1.54) is 41.2 Å². The molecule has 0 aliphatic heterocycles. The first kappa shape index (κ1) is 19.9. The normalized spacial score (nSPS) is 11.1. The monoisotopic (exact) mass is 398 g/mol. The molecule has 0 atom stereocenters. The largest absolute Gasteiger partial charge is 0.308 e. The molecule has 3 aromatic rings. The Kier molecular flexibility index (Phi) is 6.01. The summed E-state index contributed by atoms with van der Waals surface area (Å²) < 4.78 is 1.04. The number of fused-ring (bicyclic) bond motifs is 1. The highest BCUT2D eigenvalue weighted by Crippen LogP contribution is 2.30. The Labute approximate surface area is 167 Å². The second-order valence-corrected chi connectivity index (χ2v) is 7.73. The van der Waals surface area contributed by atoms with Crippen molar-refractivity contribution in [1.82, 2.24) is 9.88 Å². The molecule has 8 heteroatoms. The zero-order valence-corrected chi connectivity index (χ0v) is 16.9. The second kappa shape index (κ2) is 8.45. The molecule has 7 nitrogen and oxygen atoms in total. The van der Waals surface area contributed by atoms with Gasteiger partial charge in [0.05, 0.1) is 15.1 Å². The molecule has 0 N–H and O–H groups in total. The third-order valence-corrected chi connectivity index (χ3v) is 5.46. The van der Waals surface area contributed by atoms with E-state index in [-0.39, 0.29) is 11.6 Å². The summed E-state index contributed by atoms with van der Waals surface area (Å²) in [7, 11) is 3.89. The van der Waals surface area contributed by atoms with Crippen LogP contribution in [0.2, 0.25) is 0 Å². The quantitative estimate of drug-likeness (QED) is 0.444. The van der Waals surface area contributed by atoms with E-state index in [2.05, 4.69) is 18.0 Å². The Bertz CT molecular complexity index is 998. The van der Waals surface area contributed by atoms with Gasteiger partial charge in [-0.05, 0) is 50.3 Å². The van der Waals surface area contributed by atoms with Crippen molar-refractivity contribution in [3.8, 4) is 0 Å². The number of nitro groups is 1. The summed E-state index contributed by atoms with van der Waals surface area (Å²) in [5.74, 6) is -0.216. The Morgan fingerprint density at radius 3 is 2.46 bits per heavy atom. The Morgan fingerprint density at radius 1 is 1.14 bits per heavy atom. The number of thiazole rings is 1. The molecule has 1 aromatic heterocycles. The number of hydrogen-bond donors (Lipinski definition) is 0. The van der Waals surface area contributed by atoms with E-state index >= 15 is 0 Å². The first-order valence-corrected chi connectivity index (χ1v) is 9.81. The minimum Gasteiger partial charge on any atom is -0.308 e. The smallest absolute Gasteiger partial charge is 0.269 e. The lowest BCUT2D eigenvalue weighted by atomic mass is 10.2. The van der Waals surface area contributed by atoms with Gasteiger partial charge in [-0.15, -0.1) is 0 Å². The number of likely N-dealkylation sites (N-methyl/N-ethyl adjacent to an activating group) is 1. The molecule has 2 aromatic carbocycles. The molecule has 0 unspecified atom stereocenters. The van der Waals surface area contributed by atoms with Crippen LogP contribution in [0.15, 0.2) is 42.5 Å². The van der Waals surface area contributed by atoms with E-state index in [1.807, 2.05) is 31.1 Å². The van der Waals surface area contributed by atoms with Crippen molar-refractivity contribution in [2.45, 2.75) is 13.3 Å². The number of carbonyl (C=O) groups excluding carboxylic acids is 1. The predicted molar refractivity (Wildman–Crippen MR) is 112 cm³/mol. The van der Waals surface area contributed by atoms with Crippen LogP contribution in [0.3, 0.4) is 0 Å². The van der Waals surface area contributed by atoms with E-state index in [0.717, 1.165) is 16.6 Å². The van der Waals surface area contributed by atoms with Gasteiger partial charge >= 0.3 is 0 Å². The third kappa shape index (κ3) is 4.35. The molecule has 1 amide bonds. The van der Waals surface area contributed by atoms with Gasteiger partial charge < -0.3 is 4.90 Å². The maximum absolute atomic E-state index is 13.1. The van der Waals surface area contributed by atoms with Crippen LogP contribution in [0.25, 0.3) is 10.2 Å². The average molecular weight is 398 g/mol. The number of amides is 1. The number of nitro benzene ring substituents is 1. The van der Waals surface area contributed by atoms with E-state index in [4.69, 9.17) is 0 Å². The molecule has 0 aliphatic carbocycles. The molecule has 0 aliphatic rings. The zero-order chi connectivity index (χ0) is 20.3. The lowest BCUT2D eigenvalue weighted by Crippen LogP contribution is -2.36. The standard InChI is InChI=1S/C20H22N4O3S/c1-4-14-5-10-17-18(13-14)28-20(21-17)23(12-11-22(2)3)19(25)15-6-8-16(9-7-15)24(26)27/h5-10,13H,4,11-12H2,1-3H3. The van der Waals surface area contributed by atoms with Crippen LogP contribution in [0.1, 0.15) is 22.8 Å². The highest BCUT2D eigenvalue weighted by atomic mass is 32.1. The van der Waals surface area contributed by atoms with Crippen LogP contribution in [-0.2, 0) is 6.42 Å². The van der Waals surface area contributed by atoms with Gasteiger partial charge in [-0.2, -0.15) is 0 Å². The van der Waals surface area contributed by atoms with Gasteiger partial charge in [-0.25, -0.2) is 4.98 Å². The van der Waals surface area contributed by atoms with Crippen molar-refractivity contribution in [3.05, 3.63) is 63.7 Å². The maximum Gasteiger partial charge on any atom is 0.269 e. The van der Waals surface area contributed by atoms with Crippen LogP contribution in [0, 0.1) is 10.1 Å². The first-order valence-electron chi connectivity index (χ1n) is 8.99. The first-order chi connectivity index (χ1) is 13.4. The topological polar surface area (TPSA) is 79.6 Å². The fourth-order valence-corrected chi connectivity index (χ4v) is 3.81. The van der Waals surface area contributed by atoms with Gasteiger partial charge in [0.2, 0.25) is 0 Å². The third-order valence-electron chi connectivity index (χ3n) is 4.42. The molecule has 0 saturated carbocycles. The Balaban J connectivity index is 1.95. The number of benzene rings is 2. The second-order valence-electron chi connectivity index (χ2n) is 6.72.